The van der Waals surface area contributed by atoms with Crippen molar-refractivity contribution in [1.82, 2.24) is 4.98 Å². The number of benzene rings is 1. The molecule has 0 fully saturated rings. The molecule has 1 aromatic heterocycles. The molecular weight excluding hydrogens is 284 g/mol. The van der Waals surface area contributed by atoms with Crippen LogP contribution in [0.2, 0.25) is 0 Å². The number of rotatable bonds is 3. The average molecular weight is 304 g/mol. The minimum Gasteiger partial charge on any atom is -0.284 e. The predicted octanol–water partition coefficient (Wildman–Crippen LogP) is 3.42. The molecule has 0 saturated heterocycles. The number of aromatic nitrogens is 1. The molecule has 0 aliphatic heterocycles. The van der Waals surface area contributed by atoms with Crippen molar-refractivity contribution in [3.05, 3.63) is 48.2 Å². The van der Waals surface area contributed by atoms with E-state index in [4.69, 9.17) is 0 Å². The summed E-state index contributed by atoms with van der Waals surface area (Å²) in [4.78, 5) is 4.48. The summed E-state index contributed by atoms with van der Waals surface area (Å²) < 4.78 is 25.0. The molecule has 112 valence electrons. The van der Waals surface area contributed by atoms with Gasteiger partial charge in [-0.1, -0.05) is 39.0 Å². The SMILES string of the molecule is CC(C)(C)c1ccc(-c2cccc(NS(C)(=O)=O)c2)nc1. The zero-order chi connectivity index (χ0) is 15.7. The van der Waals surface area contributed by atoms with Gasteiger partial charge < -0.3 is 0 Å². The first-order chi connectivity index (χ1) is 9.65. The number of nitrogens with one attached hydrogen (secondary N) is 1. The lowest BCUT2D eigenvalue weighted by molar-refractivity contribution is 0.587. The van der Waals surface area contributed by atoms with Crippen molar-refractivity contribution in [2.24, 2.45) is 0 Å². The Hall–Kier alpha value is -1.88. The van der Waals surface area contributed by atoms with Crippen LogP contribution in [0.1, 0.15) is 26.3 Å². The molecule has 0 bridgehead atoms. The van der Waals surface area contributed by atoms with Crippen molar-refractivity contribution in [1.29, 1.82) is 0 Å². The quantitative estimate of drug-likeness (QED) is 0.945. The standard InChI is InChI=1S/C16H20N2O2S/c1-16(2,3)13-8-9-15(17-11-13)12-6-5-7-14(10-12)18-21(4,19)20/h5-11,18H,1-4H3. The minimum absolute atomic E-state index is 0.0607. The Labute approximate surface area is 126 Å². The molecule has 0 spiro atoms. The van der Waals surface area contributed by atoms with Crippen molar-refractivity contribution >= 4 is 15.7 Å². The van der Waals surface area contributed by atoms with Gasteiger partial charge in [0, 0.05) is 17.4 Å². The molecule has 2 rings (SSSR count). The Bertz CT molecular complexity index is 730. The Kier molecular flexibility index (Phi) is 4.05. The summed E-state index contributed by atoms with van der Waals surface area (Å²) >= 11 is 0. The van der Waals surface area contributed by atoms with E-state index >= 15 is 0 Å². The smallest absolute Gasteiger partial charge is 0.229 e. The molecule has 0 unspecified atom stereocenters. The van der Waals surface area contributed by atoms with E-state index in [1.807, 2.05) is 24.4 Å². The van der Waals surface area contributed by atoms with Crippen LogP contribution < -0.4 is 4.72 Å². The molecule has 1 N–H and O–H groups in total. The summed E-state index contributed by atoms with van der Waals surface area (Å²) in [5.41, 5.74) is 3.46. The van der Waals surface area contributed by atoms with Gasteiger partial charge in [-0.25, -0.2) is 8.42 Å². The highest BCUT2D eigenvalue weighted by Gasteiger charge is 2.14. The number of hydrogen-bond donors (Lipinski definition) is 1. The van der Waals surface area contributed by atoms with E-state index in [9.17, 15) is 8.42 Å². The normalized spacial score (nSPS) is 12.2. The van der Waals surface area contributed by atoms with Crippen LogP contribution in [0.4, 0.5) is 5.69 Å². The lowest BCUT2D eigenvalue weighted by atomic mass is 9.88. The van der Waals surface area contributed by atoms with Gasteiger partial charge in [0.2, 0.25) is 10.0 Å². The molecule has 0 aliphatic rings. The molecule has 0 aliphatic carbocycles. The summed E-state index contributed by atoms with van der Waals surface area (Å²) in [5, 5.41) is 0. The minimum atomic E-state index is -3.27. The fraction of sp³-hybridized carbons (Fsp3) is 0.312. The summed E-state index contributed by atoms with van der Waals surface area (Å²) in [6.45, 7) is 6.42. The van der Waals surface area contributed by atoms with E-state index in [0.717, 1.165) is 23.1 Å². The molecule has 1 aromatic carbocycles. The first-order valence-corrected chi connectivity index (χ1v) is 8.59. The average Bonchev–Trinajstić information content (AvgIpc) is 2.36. The van der Waals surface area contributed by atoms with E-state index in [2.05, 4.69) is 36.5 Å². The van der Waals surface area contributed by atoms with Crippen LogP contribution >= 0.6 is 0 Å². The fourth-order valence-corrected chi connectivity index (χ4v) is 2.52. The number of sulfonamides is 1. The first-order valence-electron chi connectivity index (χ1n) is 6.70. The monoisotopic (exact) mass is 304 g/mol. The van der Waals surface area contributed by atoms with Crippen LogP contribution in [0.3, 0.4) is 0 Å². The number of hydrogen-bond acceptors (Lipinski definition) is 3. The largest absolute Gasteiger partial charge is 0.284 e. The molecule has 0 saturated carbocycles. The highest BCUT2D eigenvalue weighted by molar-refractivity contribution is 7.92. The molecular formula is C16H20N2O2S. The van der Waals surface area contributed by atoms with Crippen LogP contribution in [0.25, 0.3) is 11.3 Å². The third-order valence-corrected chi connectivity index (χ3v) is 3.70. The summed E-state index contributed by atoms with van der Waals surface area (Å²) in [5.74, 6) is 0. The van der Waals surface area contributed by atoms with Crippen LogP contribution in [0.15, 0.2) is 42.6 Å². The van der Waals surface area contributed by atoms with Crippen molar-refractivity contribution in [2.45, 2.75) is 26.2 Å². The summed E-state index contributed by atoms with van der Waals surface area (Å²) in [6, 6.07) is 11.2. The predicted molar refractivity (Wildman–Crippen MR) is 86.8 cm³/mol. The molecule has 4 nitrogen and oxygen atoms in total. The zero-order valence-corrected chi connectivity index (χ0v) is 13.5. The maximum Gasteiger partial charge on any atom is 0.229 e. The Morgan fingerprint density at radius 2 is 1.81 bits per heavy atom. The van der Waals surface area contributed by atoms with E-state index in [1.54, 1.807) is 12.1 Å². The second-order valence-corrected chi connectivity index (χ2v) is 7.89. The summed E-state index contributed by atoms with van der Waals surface area (Å²) in [6.07, 6.45) is 3.00. The Morgan fingerprint density at radius 1 is 1.10 bits per heavy atom. The van der Waals surface area contributed by atoms with Gasteiger partial charge in [-0.05, 0) is 29.2 Å². The lowest BCUT2D eigenvalue weighted by Crippen LogP contribution is -2.11. The van der Waals surface area contributed by atoms with Gasteiger partial charge in [-0.15, -0.1) is 0 Å². The molecule has 2 aromatic rings. The molecule has 0 amide bonds. The van der Waals surface area contributed by atoms with Gasteiger partial charge in [0.25, 0.3) is 0 Å². The van der Waals surface area contributed by atoms with Gasteiger partial charge >= 0.3 is 0 Å². The lowest BCUT2D eigenvalue weighted by Gasteiger charge is -2.18. The molecule has 0 radical (unpaired) electrons. The Balaban J connectivity index is 2.32. The maximum absolute atomic E-state index is 11.3. The van der Waals surface area contributed by atoms with Crippen LogP contribution in [-0.4, -0.2) is 19.7 Å². The topological polar surface area (TPSA) is 59.1 Å². The van der Waals surface area contributed by atoms with Crippen LogP contribution in [0, 0.1) is 0 Å². The summed E-state index contributed by atoms with van der Waals surface area (Å²) in [7, 11) is -3.27. The number of pyridine rings is 1. The highest BCUT2D eigenvalue weighted by atomic mass is 32.2. The third-order valence-electron chi connectivity index (χ3n) is 3.09. The second-order valence-electron chi connectivity index (χ2n) is 6.14. The number of anilines is 1. The van der Waals surface area contributed by atoms with Crippen molar-refractivity contribution in [3.63, 3.8) is 0 Å². The second kappa shape index (κ2) is 5.48. The van der Waals surface area contributed by atoms with E-state index in [1.165, 1.54) is 0 Å². The van der Waals surface area contributed by atoms with E-state index in [-0.39, 0.29) is 5.41 Å². The van der Waals surface area contributed by atoms with Gasteiger partial charge in [-0.3, -0.25) is 9.71 Å². The van der Waals surface area contributed by atoms with Crippen molar-refractivity contribution < 1.29 is 8.42 Å². The molecule has 5 heteroatoms. The first kappa shape index (κ1) is 15.5. The number of nitrogens with zero attached hydrogens (tertiary/aromatic N) is 1. The molecule has 0 atom stereocenters. The van der Waals surface area contributed by atoms with Gasteiger partial charge in [-0.2, -0.15) is 0 Å². The Morgan fingerprint density at radius 3 is 2.33 bits per heavy atom. The van der Waals surface area contributed by atoms with Crippen LogP contribution in [0.5, 0.6) is 0 Å². The van der Waals surface area contributed by atoms with Crippen molar-refractivity contribution in [2.75, 3.05) is 11.0 Å². The van der Waals surface area contributed by atoms with Gasteiger partial charge in [0.1, 0.15) is 0 Å². The molecule has 21 heavy (non-hydrogen) atoms. The fourth-order valence-electron chi connectivity index (χ4n) is 1.96. The highest BCUT2D eigenvalue weighted by Crippen LogP contribution is 2.25. The van der Waals surface area contributed by atoms with E-state index < -0.39 is 10.0 Å². The third kappa shape index (κ3) is 4.29. The van der Waals surface area contributed by atoms with E-state index in [0.29, 0.717) is 5.69 Å². The van der Waals surface area contributed by atoms with Gasteiger partial charge in [0.15, 0.2) is 0 Å². The van der Waals surface area contributed by atoms with Gasteiger partial charge in [0.05, 0.1) is 11.9 Å². The maximum atomic E-state index is 11.3. The zero-order valence-electron chi connectivity index (χ0n) is 12.7. The molecule has 1 heterocycles. The van der Waals surface area contributed by atoms with Crippen LogP contribution in [-0.2, 0) is 15.4 Å². The van der Waals surface area contributed by atoms with Crippen molar-refractivity contribution in [3.8, 4) is 11.3 Å².